The van der Waals surface area contributed by atoms with Crippen LogP contribution in [0.2, 0.25) is 0 Å². The lowest BCUT2D eigenvalue weighted by Gasteiger charge is -2.32. The summed E-state index contributed by atoms with van der Waals surface area (Å²) in [5.74, 6) is 1.32. The van der Waals surface area contributed by atoms with Gasteiger partial charge in [-0.05, 0) is 60.7 Å². The van der Waals surface area contributed by atoms with Gasteiger partial charge < -0.3 is 19.7 Å². The lowest BCUT2D eigenvalue weighted by atomic mass is 10.0. The summed E-state index contributed by atoms with van der Waals surface area (Å²) in [6.45, 7) is 5.51. The number of nitrogens with one attached hydrogen (secondary N) is 1. The van der Waals surface area contributed by atoms with Gasteiger partial charge in [-0.1, -0.05) is 67.9 Å². The number of carbonyl (C=O) groups excluding carboxylic acids is 2. The van der Waals surface area contributed by atoms with Crippen molar-refractivity contribution in [1.29, 1.82) is 0 Å². The molecule has 0 aromatic heterocycles. The van der Waals surface area contributed by atoms with Crippen molar-refractivity contribution >= 4 is 11.8 Å². The van der Waals surface area contributed by atoms with E-state index in [0.29, 0.717) is 32.5 Å². The van der Waals surface area contributed by atoms with Crippen LogP contribution in [0.5, 0.6) is 11.5 Å². The topological polar surface area (TPSA) is 67.9 Å². The van der Waals surface area contributed by atoms with Crippen molar-refractivity contribution in [2.75, 3.05) is 20.3 Å². The second kappa shape index (κ2) is 15.5. The fourth-order valence-electron chi connectivity index (χ4n) is 4.26. The minimum absolute atomic E-state index is 0.0573. The van der Waals surface area contributed by atoms with Crippen LogP contribution in [0.25, 0.3) is 0 Å². The second-order valence-corrected chi connectivity index (χ2v) is 9.43. The molecule has 1 atom stereocenters. The lowest BCUT2D eigenvalue weighted by molar-refractivity contribution is -0.141. The first-order valence-electron chi connectivity index (χ1n) is 13.4. The average molecular weight is 517 g/mol. The molecule has 3 aromatic rings. The van der Waals surface area contributed by atoms with Crippen LogP contribution in [-0.4, -0.2) is 43.0 Å². The Morgan fingerprint density at radius 3 is 2.26 bits per heavy atom. The number of carbonyl (C=O) groups is 2. The summed E-state index contributed by atoms with van der Waals surface area (Å²) in [6.07, 6.45) is 3.18. The number of methoxy groups -OCH3 is 1. The number of hydrogen-bond donors (Lipinski definition) is 1. The normalized spacial score (nSPS) is 11.4. The molecule has 0 heterocycles. The molecule has 0 radical (unpaired) electrons. The summed E-state index contributed by atoms with van der Waals surface area (Å²) < 4.78 is 11.0. The number of amides is 2. The highest BCUT2D eigenvalue weighted by Gasteiger charge is 2.30. The first kappa shape index (κ1) is 28.8. The van der Waals surface area contributed by atoms with E-state index in [4.69, 9.17) is 9.47 Å². The minimum atomic E-state index is -0.608. The van der Waals surface area contributed by atoms with E-state index in [2.05, 4.69) is 12.2 Å². The Kier molecular flexibility index (Phi) is 11.7. The van der Waals surface area contributed by atoms with Crippen molar-refractivity contribution < 1.29 is 19.1 Å². The highest BCUT2D eigenvalue weighted by molar-refractivity contribution is 5.88. The number of nitrogens with zero attached hydrogens (tertiary/aromatic N) is 1. The molecule has 6 heteroatoms. The molecule has 2 amide bonds. The van der Waals surface area contributed by atoms with Gasteiger partial charge in [0.05, 0.1) is 13.7 Å². The van der Waals surface area contributed by atoms with Gasteiger partial charge in [0, 0.05) is 25.9 Å². The predicted molar refractivity (Wildman–Crippen MR) is 151 cm³/mol. The largest absolute Gasteiger partial charge is 0.497 e. The van der Waals surface area contributed by atoms with Crippen LogP contribution in [0.15, 0.2) is 78.9 Å². The fraction of sp³-hybridized carbons (Fsp3) is 0.375. The van der Waals surface area contributed by atoms with Crippen LogP contribution in [0, 0.1) is 6.92 Å². The Morgan fingerprint density at radius 2 is 1.58 bits per heavy atom. The van der Waals surface area contributed by atoms with Crippen molar-refractivity contribution in [2.24, 2.45) is 0 Å². The summed E-state index contributed by atoms with van der Waals surface area (Å²) in [5.41, 5.74) is 3.15. The molecule has 0 saturated heterocycles. The van der Waals surface area contributed by atoms with E-state index in [9.17, 15) is 9.59 Å². The summed E-state index contributed by atoms with van der Waals surface area (Å²) in [7, 11) is 1.62. The molecule has 3 rings (SSSR count). The molecule has 0 saturated carbocycles. The summed E-state index contributed by atoms with van der Waals surface area (Å²) in [6, 6.07) is 24.7. The average Bonchev–Trinajstić information content (AvgIpc) is 2.94. The van der Waals surface area contributed by atoms with Gasteiger partial charge in [0.2, 0.25) is 11.8 Å². The number of unbranched alkanes of at least 4 members (excludes halogenated alkanes) is 1. The third-order valence-corrected chi connectivity index (χ3v) is 6.57. The second-order valence-electron chi connectivity index (χ2n) is 9.43. The minimum Gasteiger partial charge on any atom is -0.497 e. The molecule has 0 unspecified atom stereocenters. The van der Waals surface area contributed by atoms with Crippen LogP contribution in [0.1, 0.15) is 49.3 Å². The molecule has 1 N–H and O–H groups in total. The fourth-order valence-corrected chi connectivity index (χ4v) is 4.26. The van der Waals surface area contributed by atoms with E-state index in [1.807, 2.05) is 85.8 Å². The number of ether oxygens (including phenoxy) is 2. The molecular formula is C32H40N2O4. The van der Waals surface area contributed by atoms with E-state index in [1.165, 1.54) is 0 Å². The number of benzene rings is 3. The van der Waals surface area contributed by atoms with Gasteiger partial charge in [-0.2, -0.15) is 0 Å². The smallest absolute Gasteiger partial charge is 0.243 e. The van der Waals surface area contributed by atoms with Crippen molar-refractivity contribution in [2.45, 2.75) is 58.5 Å². The Balaban J connectivity index is 1.76. The van der Waals surface area contributed by atoms with E-state index in [0.717, 1.165) is 41.0 Å². The zero-order chi connectivity index (χ0) is 27.2. The SMILES string of the molecule is CCCCNC(=O)[C@H](Cc1ccccc1)N(Cc1ccccc1C)C(=O)CCCOc1ccc(OC)cc1. The molecule has 0 aliphatic rings. The van der Waals surface area contributed by atoms with Crippen molar-refractivity contribution in [3.8, 4) is 11.5 Å². The van der Waals surface area contributed by atoms with Crippen molar-refractivity contribution in [3.63, 3.8) is 0 Å². The van der Waals surface area contributed by atoms with Gasteiger partial charge in [0.1, 0.15) is 17.5 Å². The van der Waals surface area contributed by atoms with Gasteiger partial charge in [0.15, 0.2) is 0 Å². The van der Waals surface area contributed by atoms with Gasteiger partial charge in [-0.3, -0.25) is 9.59 Å². The highest BCUT2D eigenvalue weighted by Crippen LogP contribution is 2.20. The van der Waals surface area contributed by atoms with E-state index >= 15 is 0 Å². The van der Waals surface area contributed by atoms with Gasteiger partial charge in [0.25, 0.3) is 0 Å². The van der Waals surface area contributed by atoms with Crippen LogP contribution in [-0.2, 0) is 22.6 Å². The first-order chi connectivity index (χ1) is 18.5. The van der Waals surface area contributed by atoms with E-state index < -0.39 is 6.04 Å². The van der Waals surface area contributed by atoms with Crippen LogP contribution in [0.3, 0.4) is 0 Å². The van der Waals surface area contributed by atoms with Crippen LogP contribution >= 0.6 is 0 Å². The molecule has 6 nitrogen and oxygen atoms in total. The maximum atomic E-state index is 13.7. The summed E-state index contributed by atoms with van der Waals surface area (Å²) >= 11 is 0. The Bertz CT molecular complexity index is 1130. The predicted octanol–water partition coefficient (Wildman–Crippen LogP) is 5.72. The Morgan fingerprint density at radius 1 is 0.895 bits per heavy atom. The Hall–Kier alpha value is -3.80. The third-order valence-electron chi connectivity index (χ3n) is 6.57. The number of hydrogen-bond acceptors (Lipinski definition) is 4. The first-order valence-corrected chi connectivity index (χ1v) is 13.4. The van der Waals surface area contributed by atoms with Crippen LogP contribution < -0.4 is 14.8 Å². The van der Waals surface area contributed by atoms with E-state index in [-0.39, 0.29) is 18.2 Å². The van der Waals surface area contributed by atoms with Gasteiger partial charge >= 0.3 is 0 Å². The van der Waals surface area contributed by atoms with E-state index in [1.54, 1.807) is 12.0 Å². The molecule has 0 aliphatic heterocycles. The standard InChI is InChI=1S/C32H40N2O4/c1-4-5-21-33-32(36)30(23-26-13-7-6-8-14-26)34(24-27-15-10-9-12-25(27)2)31(35)16-11-22-38-29-19-17-28(37-3)18-20-29/h6-10,12-15,17-20,30H,4-5,11,16,21-24H2,1-3H3,(H,33,36)/t30-/m0/s1. The Labute approximate surface area is 227 Å². The summed E-state index contributed by atoms with van der Waals surface area (Å²) in [5, 5.41) is 3.07. The zero-order valence-corrected chi connectivity index (χ0v) is 22.8. The monoisotopic (exact) mass is 516 g/mol. The van der Waals surface area contributed by atoms with Gasteiger partial charge in [-0.25, -0.2) is 0 Å². The molecule has 0 fully saturated rings. The van der Waals surface area contributed by atoms with Crippen molar-refractivity contribution in [1.82, 2.24) is 10.2 Å². The highest BCUT2D eigenvalue weighted by atomic mass is 16.5. The van der Waals surface area contributed by atoms with Crippen molar-refractivity contribution in [3.05, 3.63) is 95.6 Å². The lowest BCUT2D eigenvalue weighted by Crippen LogP contribution is -2.50. The molecule has 38 heavy (non-hydrogen) atoms. The molecule has 0 bridgehead atoms. The van der Waals surface area contributed by atoms with Gasteiger partial charge in [-0.15, -0.1) is 0 Å². The third kappa shape index (κ3) is 8.94. The van der Waals surface area contributed by atoms with Crippen LogP contribution in [0.4, 0.5) is 0 Å². The maximum absolute atomic E-state index is 13.7. The maximum Gasteiger partial charge on any atom is 0.243 e. The molecule has 0 aliphatic carbocycles. The zero-order valence-electron chi connectivity index (χ0n) is 22.8. The molecule has 0 spiro atoms. The molecule has 3 aromatic carbocycles. The number of rotatable bonds is 15. The number of aryl methyl sites for hydroxylation is 1. The molecule has 202 valence electrons. The summed E-state index contributed by atoms with van der Waals surface area (Å²) in [4.78, 5) is 28.9. The molecular weight excluding hydrogens is 476 g/mol. The quantitative estimate of drug-likeness (QED) is 0.262.